The molecular formula is C16H27N3O6. The molecule has 0 saturated carbocycles. The van der Waals surface area contributed by atoms with Gasteiger partial charge in [-0.05, 0) is 25.2 Å². The van der Waals surface area contributed by atoms with Crippen LogP contribution in [0.1, 0.15) is 46.0 Å². The van der Waals surface area contributed by atoms with Gasteiger partial charge in [-0.2, -0.15) is 0 Å². The summed E-state index contributed by atoms with van der Waals surface area (Å²) in [5.74, 6) is -3.37. The monoisotopic (exact) mass is 357 g/mol. The van der Waals surface area contributed by atoms with Gasteiger partial charge in [-0.25, -0.2) is 4.79 Å². The largest absolute Gasteiger partial charge is 0.481 e. The van der Waals surface area contributed by atoms with Gasteiger partial charge in [0.05, 0.1) is 6.04 Å². The summed E-state index contributed by atoms with van der Waals surface area (Å²) in [5, 5.41) is 20.2. The van der Waals surface area contributed by atoms with Crippen LogP contribution in [0.15, 0.2) is 0 Å². The second-order valence-electron chi connectivity index (χ2n) is 6.43. The zero-order valence-corrected chi connectivity index (χ0v) is 14.6. The number of likely N-dealkylation sites (tertiary alicyclic amines) is 1. The molecule has 0 aliphatic carbocycles. The van der Waals surface area contributed by atoms with Gasteiger partial charge < -0.3 is 26.2 Å². The Bertz CT molecular complexity index is 524. The summed E-state index contributed by atoms with van der Waals surface area (Å²) in [6.45, 7) is 4.18. The Morgan fingerprint density at radius 2 is 1.92 bits per heavy atom. The summed E-state index contributed by atoms with van der Waals surface area (Å²) in [4.78, 5) is 48.2. The third kappa shape index (κ3) is 5.70. The SMILES string of the molecule is CCC(C)C(N)C(=O)N1CCCC1C(=O)NC(CCC(=O)O)C(=O)O. The Morgan fingerprint density at radius 3 is 2.44 bits per heavy atom. The Balaban J connectivity index is 2.76. The molecule has 4 unspecified atom stereocenters. The van der Waals surface area contributed by atoms with Gasteiger partial charge in [-0.15, -0.1) is 0 Å². The maximum Gasteiger partial charge on any atom is 0.326 e. The van der Waals surface area contributed by atoms with Crippen molar-refractivity contribution in [1.29, 1.82) is 0 Å². The van der Waals surface area contributed by atoms with Crippen LogP contribution in [0.25, 0.3) is 0 Å². The Kier molecular flexibility index (Phi) is 7.82. The van der Waals surface area contributed by atoms with Crippen molar-refractivity contribution in [1.82, 2.24) is 10.2 Å². The number of hydrogen-bond acceptors (Lipinski definition) is 5. The molecule has 1 fully saturated rings. The van der Waals surface area contributed by atoms with Crippen LogP contribution >= 0.6 is 0 Å². The lowest BCUT2D eigenvalue weighted by Gasteiger charge is -2.29. The third-order valence-corrected chi connectivity index (χ3v) is 4.64. The minimum absolute atomic E-state index is 0.0286. The normalized spacial score (nSPS) is 20.6. The van der Waals surface area contributed by atoms with Crippen molar-refractivity contribution in [2.24, 2.45) is 11.7 Å². The average molecular weight is 357 g/mol. The molecule has 0 aromatic heterocycles. The highest BCUT2D eigenvalue weighted by molar-refractivity contribution is 5.92. The van der Waals surface area contributed by atoms with E-state index >= 15 is 0 Å². The van der Waals surface area contributed by atoms with Crippen molar-refractivity contribution in [2.75, 3.05) is 6.54 Å². The molecule has 0 radical (unpaired) electrons. The molecule has 0 bridgehead atoms. The number of nitrogens with one attached hydrogen (secondary N) is 1. The highest BCUT2D eigenvalue weighted by Crippen LogP contribution is 2.21. The van der Waals surface area contributed by atoms with E-state index in [9.17, 15) is 19.2 Å². The second-order valence-corrected chi connectivity index (χ2v) is 6.43. The number of nitrogens with two attached hydrogens (primary N) is 1. The molecular weight excluding hydrogens is 330 g/mol. The maximum atomic E-state index is 12.5. The summed E-state index contributed by atoms with van der Waals surface area (Å²) in [6, 6.07) is -2.78. The van der Waals surface area contributed by atoms with E-state index in [2.05, 4.69) is 5.32 Å². The van der Waals surface area contributed by atoms with Gasteiger partial charge in [0.2, 0.25) is 11.8 Å². The zero-order chi connectivity index (χ0) is 19.1. The Morgan fingerprint density at radius 1 is 1.28 bits per heavy atom. The fourth-order valence-corrected chi connectivity index (χ4v) is 2.78. The van der Waals surface area contributed by atoms with Gasteiger partial charge in [0, 0.05) is 13.0 Å². The van der Waals surface area contributed by atoms with Crippen LogP contribution in [0.4, 0.5) is 0 Å². The maximum absolute atomic E-state index is 12.5. The highest BCUT2D eigenvalue weighted by Gasteiger charge is 2.38. The molecule has 2 amide bonds. The van der Waals surface area contributed by atoms with E-state index in [1.54, 1.807) is 0 Å². The molecule has 0 aromatic rings. The number of rotatable bonds is 9. The van der Waals surface area contributed by atoms with E-state index in [1.807, 2.05) is 13.8 Å². The molecule has 1 aliphatic heterocycles. The number of carboxylic acid groups (broad SMARTS) is 2. The standard InChI is InChI=1S/C16H27N3O6/c1-3-9(2)13(17)15(23)19-8-4-5-11(19)14(22)18-10(16(24)25)6-7-12(20)21/h9-11,13H,3-8,17H2,1-2H3,(H,18,22)(H,20,21)(H,24,25). The van der Waals surface area contributed by atoms with Gasteiger partial charge in [0.1, 0.15) is 12.1 Å². The second kappa shape index (κ2) is 9.36. The van der Waals surface area contributed by atoms with Crippen molar-refractivity contribution in [3.05, 3.63) is 0 Å². The van der Waals surface area contributed by atoms with Crippen molar-refractivity contribution < 1.29 is 29.4 Å². The van der Waals surface area contributed by atoms with Crippen molar-refractivity contribution >= 4 is 23.8 Å². The minimum Gasteiger partial charge on any atom is -0.481 e. The molecule has 9 nitrogen and oxygen atoms in total. The highest BCUT2D eigenvalue weighted by atomic mass is 16.4. The van der Waals surface area contributed by atoms with E-state index in [0.717, 1.165) is 6.42 Å². The van der Waals surface area contributed by atoms with Crippen LogP contribution in [0.3, 0.4) is 0 Å². The topological polar surface area (TPSA) is 150 Å². The fraction of sp³-hybridized carbons (Fsp3) is 0.750. The van der Waals surface area contributed by atoms with E-state index in [-0.39, 0.29) is 24.7 Å². The number of carbonyl (C=O) groups is 4. The molecule has 25 heavy (non-hydrogen) atoms. The molecule has 1 saturated heterocycles. The van der Waals surface area contributed by atoms with Crippen molar-refractivity contribution in [2.45, 2.75) is 64.1 Å². The summed E-state index contributed by atoms with van der Waals surface area (Å²) < 4.78 is 0. The molecule has 4 atom stereocenters. The molecule has 0 aromatic carbocycles. The van der Waals surface area contributed by atoms with Gasteiger partial charge >= 0.3 is 11.9 Å². The smallest absolute Gasteiger partial charge is 0.326 e. The van der Waals surface area contributed by atoms with Crippen molar-refractivity contribution in [3.63, 3.8) is 0 Å². The van der Waals surface area contributed by atoms with Gasteiger partial charge in [0.25, 0.3) is 0 Å². The molecule has 0 spiro atoms. The molecule has 142 valence electrons. The Hall–Kier alpha value is -2.16. The van der Waals surface area contributed by atoms with Crippen LogP contribution in [0, 0.1) is 5.92 Å². The van der Waals surface area contributed by atoms with Crippen molar-refractivity contribution in [3.8, 4) is 0 Å². The summed E-state index contributed by atoms with van der Waals surface area (Å²) in [5.41, 5.74) is 5.96. The lowest BCUT2D eigenvalue weighted by Crippen LogP contribution is -2.55. The van der Waals surface area contributed by atoms with Crippen LogP contribution in [-0.4, -0.2) is 63.5 Å². The first-order valence-electron chi connectivity index (χ1n) is 8.50. The van der Waals surface area contributed by atoms with E-state index in [4.69, 9.17) is 15.9 Å². The lowest BCUT2D eigenvalue weighted by molar-refractivity contribution is -0.145. The lowest BCUT2D eigenvalue weighted by atomic mass is 9.98. The van der Waals surface area contributed by atoms with Crippen LogP contribution in [0.5, 0.6) is 0 Å². The number of nitrogens with zero attached hydrogens (tertiary/aromatic N) is 1. The van der Waals surface area contributed by atoms with E-state index in [0.29, 0.717) is 19.4 Å². The van der Waals surface area contributed by atoms with Gasteiger partial charge in [-0.3, -0.25) is 14.4 Å². The van der Waals surface area contributed by atoms with Gasteiger partial charge in [-0.1, -0.05) is 20.3 Å². The number of aliphatic carboxylic acids is 2. The van der Waals surface area contributed by atoms with Crippen LogP contribution in [0.2, 0.25) is 0 Å². The summed E-state index contributed by atoms with van der Waals surface area (Å²) in [6.07, 6.45) is 1.20. The number of carbonyl (C=O) groups excluding carboxylic acids is 2. The van der Waals surface area contributed by atoms with E-state index in [1.165, 1.54) is 4.90 Å². The molecule has 1 heterocycles. The number of hydrogen-bond donors (Lipinski definition) is 4. The molecule has 1 aliphatic rings. The van der Waals surface area contributed by atoms with E-state index < -0.39 is 36.0 Å². The molecule has 5 N–H and O–H groups in total. The quantitative estimate of drug-likeness (QED) is 0.445. The fourth-order valence-electron chi connectivity index (χ4n) is 2.78. The predicted molar refractivity (Wildman–Crippen MR) is 88.6 cm³/mol. The zero-order valence-electron chi connectivity index (χ0n) is 14.6. The van der Waals surface area contributed by atoms with Gasteiger partial charge in [0.15, 0.2) is 0 Å². The summed E-state index contributed by atoms with van der Waals surface area (Å²) in [7, 11) is 0. The molecule has 1 rings (SSSR count). The predicted octanol–water partition coefficient (Wildman–Crippen LogP) is -0.215. The third-order valence-electron chi connectivity index (χ3n) is 4.64. The first-order valence-corrected chi connectivity index (χ1v) is 8.50. The average Bonchev–Trinajstić information content (AvgIpc) is 3.05. The minimum atomic E-state index is -1.30. The summed E-state index contributed by atoms with van der Waals surface area (Å²) >= 11 is 0. The van der Waals surface area contributed by atoms with Crippen LogP contribution in [-0.2, 0) is 19.2 Å². The molecule has 9 heteroatoms. The first kappa shape index (κ1) is 20.9. The number of carboxylic acids is 2. The van der Waals surface area contributed by atoms with Crippen LogP contribution < -0.4 is 11.1 Å². The number of amides is 2. The first-order chi connectivity index (χ1) is 11.7. The Labute approximate surface area is 146 Å².